The molecule has 0 aliphatic carbocycles. The Morgan fingerprint density at radius 2 is 1.87 bits per heavy atom. The van der Waals surface area contributed by atoms with Crippen LogP contribution in [-0.2, 0) is 11.4 Å². The Hall–Kier alpha value is -3.06. The van der Waals surface area contributed by atoms with Crippen LogP contribution >= 0.6 is 11.8 Å². The summed E-state index contributed by atoms with van der Waals surface area (Å²) in [5.41, 5.74) is 3.06. The Balaban J connectivity index is 1.87. The summed E-state index contributed by atoms with van der Waals surface area (Å²) in [7, 11) is 0. The van der Waals surface area contributed by atoms with Crippen LogP contribution in [0, 0.1) is 13.8 Å². The molecule has 6 nitrogen and oxygen atoms in total. The van der Waals surface area contributed by atoms with Crippen molar-refractivity contribution in [2.75, 3.05) is 6.54 Å². The minimum absolute atomic E-state index is 0.0733. The molecule has 0 aliphatic rings. The molecule has 0 saturated heterocycles. The minimum atomic E-state index is -0.330. The van der Waals surface area contributed by atoms with E-state index in [1.807, 2.05) is 73.9 Å². The molecule has 1 heterocycles. The fraction of sp³-hybridized carbons (Fsp3) is 0.261. The normalized spacial score (nSPS) is 11.7. The fourth-order valence-corrected chi connectivity index (χ4v) is 3.91. The zero-order chi connectivity index (χ0) is 21.5. The maximum absolute atomic E-state index is 12.3. The average Bonchev–Trinajstić information content (AvgIpc) is 3.14. The van der Waals surface area contributed by atoms with Gasteiger partial charge in [-0.3, -0.25) is 9.36 Å². The molecule has 1 aromatic heterocycles. The Labute approximate surface area is 181 Å². The molecule has 0 aliphatic heterocycles. The van der Waals surface area contributed by atoms with Crippen LogP contribution < -0.4 is 10.1 Å². The fourth-order valence-electron chi connectivity index (χ4n) is 3.00. The summed E-state index contributed by atoms with van der Waals surface area (Å²) in [5.74, 6) is 1.45. The molecule has 1 N–H and O–H groups in total. The highest BCUT2D eigenvalue weighted by atomic mass is 32.2. The topological polar surface area (TPSA) is 69.0 Å². The number of carbonyl (C=O) groups is 1. The molecule has 0 saturated carbocycles. The molecule has 156 valence electrons. The van der Waals surface area contributed by atoms with Gasteiger partial charge in [-0.25, -0.2) is 0 Å². The van der Waals surface area contributed by atoms with E-state index < -0.39 is 0 Å². The average molecular weight is 423 g/mol. The molecule has 0 bridgehead atoms. The van der Waals surface area contributed by atoms with Crippen molar-refractivity contribution in [3.63, 3.8) is 0 Å². The van der Waals surface area contributed by atoms with Gasteiger partial charge in [-0.05, 0) is 44.0 Å². The smallest absolute Gasteiger partial charge is 0.233 e. The highest BCUT2D eigenvalue weighted by molar-refractivity contribution is 8.00. The maximum Gasteiger partial charge on any atom is 0.233 e. The molecule has 3 rings (SSSR count). The van der Waals surface area contributed by atoms with E-state index in [9.17, 15) is 4.79 Å². The molecule has 1 atom stereocenters. The van der Waals surface area contributed by atoms with Gasteiger partial charge in [0.15, 0.2) is 11.0 Å². The van der Waals surface area contributed by atoms with Gasteiger partial charge in [-0.15, -0.1) is 16.8 Å². The Morgan fingerprint density at radius 3 is 2.53 bits per heavy atom. The highest BCUT2D eigenvalue weighted by Crippen LogP contribution is 2.28. The third kappa shape index (κ3) is 5.10. The lowest BCUT2D eigenvalue weighted by atomic mass is 10.1. The van der Waals surface area contributed by atoms with Crippen LogP contribution in [0.1, 0.15) is 23.9 Å². The van der Waals surface area contributed by atoms with Crippen molar-refractivity contribution in [1.29, 1.82) is 0 Å². The van der Waals surface area contributed by atoms with Crippen LogP contribution in [-0.4, -0.2) is 32.5 Å². The maximum atomic E-state index is 12.3. The molecule has 3 aromatic rings. The van der Waals surface area contributed by atoms with Gasteiger partial charge in [0.2, 0.25) is 5.91 Å². The van der Waals surface area contributed by atoms with Gasteiger partial charge in [0, 0.05) is 12.2 Å². The number of carbonyl (C=O) groups excluding carboxylic acids is 1. The number of hydrogen-bond acceptors (Lipinski definition) is 5. The summed E-state index contributed by atoms with van der Waals surface area (Å²) in [6.45, 7) is 10.2. The van der Waals surface area contributed by atoms with Crippen molar-refractivity contribution in [2.45, 2.75) is 37.8 Å². The number of amides is 1. The number of benzene rings is 2. The van der Waals surface area contributed by atoms with Crippen molar-refractivity contribution in [1.82, 2.24) is 20.1 Å². The SMILES string of the molecule is C=CCNC(=O)C(C)Sc1nnc(COc2c(C)cccc2C)n1-c1ccccc1. The molecule has 1 amide bonds. The number of nitrogens with one attached hydrogen (secondary N) is 1. The third-order valence-corrected chi connectivity index (χ3v) is 5.58. The number of aryl methyl sites for hydroxylation is 2. The molecule has 2 aromatic carbocycles. The molecule has 0 spiro atoms. The summed E-state index contributed by atoms with van der Waals surface area (Å²) in [4.78, 5) is 12.3. The largest absolute Gasteiger partial charge is 0.485 e. The first-order valence-electron chi connectivity index (χ1n) is 9.75. The lowest BCUT2D eigenvalue weighted by Crippen LogP contribution is -2.31. The number of rotatable bonds is 9. The van der Waals surface area contributed by atoms with E-state index in [4.69, 9.17) is 4.74 Å². The number of thioether (sulfide) groups is 1. The van der Waals surface area contributed by atoms with Gasteiger partial charge < -0.3 is 10.1 Å². The second kappa shape index (κ2) is 10.1. The van der Waals surface area contributed by atoms with Crippen molar-refractivity contribution < 1.29 is 9.53 Å². The van der Waals surface area contributed by atoms with Crippen LogP contribution in [0.4, 0.5) is 0 Å². The van der Waals surface area contributed by atoms with Gasteiger partial charge in [0.05, 0.1) is 5.25 Å². The number of ether oxygens (including phenoxy) is 1. The van der Waals surface area contributed by atoms with Gasteiger partial charge in [0.25, 0.3) is 0 Å². The first kappa shape index (κ1) is 21.6. The van der Waals surface area contributed by atoms with E-state index in [0.717, 1.165) is 22.6 Å². The van der Waals surface area contributed by atoms with Crippen LogP contribution in [0.3, 0.4) is 0 Å². The Morgan fingerprint density at radius 1 is 1.17 bits per heavy atom. The molecule has 7 heteroatoms. The zero-order valence-corrected chi connectivity index (χ0v) is 18.3. The van der Waals surface area contributed by atoms with Crippen molar-refractivity contribution in [2.24, 2.45) is 0 Å². The monoisotopic (exact) mass is 422 g/mol. The zero-order valence-electron chi connectivity index (χ0n) is 17.5. The van der Waals surface area contributed by atoms with Gasteiger partial charge in [-0.1, -0.05) is 54.2 Å². The molecule has 30 heavy (non-hydrogen) atoms. The van der Waals surface area contributed by atoms with Crippen LogP contribution in [0.25, 0.3) is 5.69 Å². The first-order chi connectivity index (χ1) is 14.5. The summed E-state index contributed by atoms with van der Waals surface area (Å²) in [6, 6.07) is 15.9. The first-order valence-corrected chi connectivity index (χ1v) is 10.6. The van der Waals surface area contributed by atoms with Crippen LogP contribution in [0.5, 0.6) is 5.75 Å². The standard InChI is InChI=1S/C23H26N4O2S/c1-5-14-24-22(28)18(4)30-23-26-25-20(27(23)19-12-7-6-8-13-19)15-29-21-16(2)10-9-11-17(21)3/h5-13,18H,1,14-15H2,2-4H3,(H,24,28). The van der Waals surface area contributed by atoms with Gasteiger partial charge in [-0.2, -0.15) is 0 Å². The Kier molecular flexibility index (Phi) is 7.30. The lowest BCUT2D eigenvalue weighted by Gasteiger charge is -2.15. The molecular weight excluding hydrogens is 396 g/mol. The number of para-hydroxylation sites is 2. The summed E-state index contributed by atoms with van der Waals surface area (Å²) >= 11 is 1.36. The number of nitrogens with zero attached hydrogens (tertiary/aromatic N) is 3. The molecule has 0 radical (unpaired) electrons. The van der Waals surface area contributed by atoms with Crippen LogP contribution in [0.15, 0.2) is 66.3 Å². The van der Waals surface area contributed by atoms with E-state index in [1.54, 1.807) is 6.08 Å². The summed E-state index contributed by atoms with van der Waals surface area (Å²) < 4.78 is 8.05. The predicted molar refractivity (Wildman–Crippen MR) is 120 cm³/mol. The molecular formula is C23H26N4O2S. The van der Waals surface area contributed by atoms with E-state index >= 15 is 0 Å². The number of aromatic nitrogens is 3. The number of hydrogen-bond donors (Lipinski definition) is 1. The van der Waals surface area contributed by atoms with E-state index in [-0.39, 0.29) is 17.8 Å². The van der Waals surface area contributed by atoms with E-state index in [1.165, 1.54) is 11.8 Å². The highest BCUT2D eigenvalue weighted by Gasteiger charge is 2.21. The predicted octanol–water partition coefficient (Wildman–Crippen LogP) is 4.25. The molecule has 0 fully saturated rings. The van der Waals surface area contributed by atoms with E-state index in [0.29, 0.717) is 17.5 Å². The quantitative estimate of drug-likeness (QED) is 0.412. The Bertz CT molecular complexity index is 997. The summed E-state index contributed by atoms with van der Waals surface area (Å²) in [5, 5.41) is 11.8. The van der Waals surface area contributed by atoms with Gasteiger partial charge >= 0.3 is 0 Å². The third-order valence-electron chi connectivity index (χ3n) is 4.54. The van der Waals surface area contributed by atoms with Gasteiger partial charge in [0.1, 0.15) is 12.4 Å². The van der Waals surface area contributed by atoms with Crippen molar-refractivity contribution in [3.8, 4) is 11.4 Å². The second-order valence-electron chi connectivity index (χ2n) is 6.87. The molecule has 1 unspecified atom stereocenters. The summed E-state index contributed by atoms with van der Waals surface area (Å²) in [6.07, 6.45) is 1.66. The van der Waals surface area contributed by atoms with Crippen molar-refractivity contribution in [3.05, 3.63) is 78.1 Å². The van der Waals surface area contributed by atoms with Crippen molar-refractivity contribution >= 4 is 17.7 Å². The van der Waals surface area contributed by atoms with Crippen LogP contribution in [0.2, 0.25) is 0 Å². The van der Waals surface area contributed by atoms with E-state index in [2.05, 4.69) is 22.1 Å². The minimum Gasteiger partial charge on any atom is -0.485 e. The lowest BCUT2D eigenvalue weighted by molar-refractivity contribution is -0.120. The second-order valence-corrected chi connectivity index (χ2v) is 8.18.